The van der Waals surface area contributed by atoms with E-state index < -0.39 is 0 Å². The lowest BCUT2D eigenvalue weighted by atomic mass is 9.97. The second kappa shape index (κ2) is 5.92. The third-order valence-electron chi connectivity index (χ3n) is 2.96. The maximum atomic E-state index is 8.62. The van der Waals surface area contributed by atoms with Crippen molar-refractivity contribution in [3.63, 3.8) is 0 Å². The molecule has 0 spiro atoms. The van der Waals surface area contributed by atoms with E-state index in [-0.39, 0.29) is 12.0 Å². The number of likely N-dealkylation sites (tertiary alicyclic amines) is 1. The van der Waals surface area contributed by atoms with Gasteiger partial charge in [-0.05, 0) is 26.3 Å². The summed E-state index contributed by atoms with van der Waals surface area (Å²) in [4.78, 5) is 2.31. The van der Waals surface area contributed by atoms with E-state index in [1.54, 1.807) is 7.11 Å². The van der Waals surface area contributed by atoms with E-state index >= 15 is 0 Å². The van der Waals surface area contributed by atoms with Crippen molar-refractivity contribution in [2.75, 3.05) is 26.7 Å². The van der Waals surface area contributed by atoms with Gasteiger partial charge < -0.3 is 20.6 Å². The minimum absolute atomic E-state index is 0.188. The van der Waals surface area contributed by atoms with Gasteiger partial charge in [-0.3, -0.25) is 0 Å². The number of piperidine rings is 1. The van der Waals surface area contributed by atoms with Crippen LogP contribution >= 0.6 is 0 Å². The third kappa shape index (κ3) is 3.68. The van der Waals surface area contributed by atoms with Gasteiger partial charge in [-0.15, -0.1) is 0 Å². The molecule has 3 N–H and O–H groups in total. The van der Waals surface area contributed by atoms with Crippen LogP contribution in [0.3, 0.4) is 0 Å². The fraction of sp³-hybridized carbons (Fsp3) is 0.900. The highest BCUT2D eigenvalue weighted by Gasteiger charge is 2.23. The van der Waals surface area contributed by atoms with Gasteiger partial charge in [0, 0.05) is 26.1 Å². The zero-order chi connectivity index (χ0) is 11.3. The second-order valence-corrected chi connectivity index (χ2v) is 4.17. The lowest BCUT2D eigenvalue weighted by Crippen LogP contribution is -2.44. The fourth-order valence-electron chi connectivity index (χ4n) is 1.98. The Labute approximate surface area is 90.9 Å². The Morgan fingerprint density at radius 2 is 2.47 bits per heavy atom. The number of ether oxygens (including phenoxy) is 1. The first-order chi connectivity index (χ1) is 7.17. The Morgan fingerprint density at radius 1 is 1.73 bits per heavy atom. The summed E-state index contributed by atoms with van der Waals surface area (Å²) < 4.78 is 5.22. The Hall–Kier alpha value is -0.810. The standard InChI is InChI=1S/C10H21N3O2/c1-8(15-2)6-13-5-3-4-9(7-13)10(11)12-14/h8-9,14H,3-7H2,1-2H3,(H2,11,12). The molecular formula is C10H21N3O2. The highest BCUT2D eigenvalue weighted by atomic mass is 16.5. The van der Waals surface area contributed by atoms with Crippen LogP contribution in [-0.2, 0) is 4.74 Å². The van der Waals surface area contributed by atoms with Gasteiger partial charge in [0.2, 0.25) is 0 Å². The predicted molar refractivity (Wildman–Crippen MR) is 59.0 cm³/mol. The van der Waals surface area contributed by atoms with Gasteiger partial charge in [0.25, 0.3) is 0 Å². The van der Waals surface area contributed by atoms with E-state index in [4.69, 9.17) is 15.7 Å². The van der Waals surface area contributed by atoms with Gasteiger partial charge in [-0.2, -0.15) is 0 Å². The molecule has 15 heavy (non-hydrogen) atoms. The smallest absolute Gasteiger partial charge is 0.143 e. The molecule has 1 aliphatic rings. The van der Waals surface area contributed by atoms with Crippen LogP contribution in [0.15, 0.2) is 5.16 Å². The molecule has 88 valence electrons. The van der Waals surface area contributed by atoms with E-state index in [2.05, 4.69) is 10.1 Å². The number of hydrogen-bond donors (Lipinski definition) is 2. The van der Waals surface area contributed by atoms with Gasteiger partial charge in [0.1, 0.15) is 5.84 Å². The van der Waals surface area contributed by atoms with Crippen molar-refractivity contribution in [3.05, 3.63) is 0 Å². The van der Waals surface area contributed by atoms with Crippen LogP contribution in [0.25, 0.3) is 0 Å². The summed E-state index contributed by atoms with van der Waals surface area (Å²) >= 11 is 0. The fourth-order valence-corrected chi connectivity index (χ4v) is 1.98. The molecule has 0 aliphatic carbocycles. The molecule has 1 fully saturated rings. The maximum Gasteiger partial charge on any atom is 0.143 e. The molecule has 1 rings (SSSR count). The monoisotopic (exact) mass is 215 g/mol. The van der Waals surface area contributed by atoms with Crippen LogP contribution < -0.4 is 5.73 Å². The Bertz CT molecular complexity index is 221. The summed E-state index contributed by atoms with van der Waals surface area (Å²) in [6.45, 7) is 4.89. The summed E-state index contributed by atoms with van der Waals surface area (Å²) in [5.41, 5.74) is 5.62. The molecule has 1 saturated heterocycles. The highest BCUT2D eigenvalue weighted by molar-refractivity contribution is 5.82. The Morgan fingerprint density at radius 3 is 3.07 bits per heavy atom. The van der Waals surface area contributed by atoms with Crippen LogP contribution in [0.4, 0.5) is 0 Å². The SMILES string of the molecule is COC(C)CN1CCCC(C(N)=NO)C1. The zero-order valence-electron chi connectivity index (χ0n) is 9.52. The number of amidine groups is 1. The number of hydrogen-bond acceptors (Lipinski definition) is 4. The molecule has 0 aromatic rings. The normalized spacial score (nSPS) is 26.5. The van der Waals surface area contributed by atoms with Gasteiger partial charge in [-0.25, -0.2) is 0 Å². The third-order valence-corrected chi connectivity index (χ3v) is 2.96. The summed E-state index contributed by atoms with van der Waals surface area (Å²) in [6.07, 6.45) is 2.33. The Balaban J connectivity index is 2.42. The number of oxime groups is 1. The van der Waals surface area contributed by atoms with Crippen LogP contribution in [0.5, 0.6) is 0 Å². The van der Waals surface area contributed by atoms with Gasteiger partial charge in [0.15, 0.2) is 0 Å². The van der Waals surface area contributed by atoms with Crippen molar-refractivity contribution in [1.82, 2.24) is 4.90 Å². The molecule has 0 aromatic heterocycles. The molecule has 0 saturated carbocycles. The quantitative estimate of drug-likeness (QED) is 0.310. The summed E-state index contributed by atoms with van der Waals surface area (Å²) in [5, 5.41) is 11.7. The highest BCUT2D eigenvalue weighted by Crippen LogP contribution is 2.16. The van der Waals surface area contributed by atoms with Crippen molar-refractivity contribution >= 4 is 5.84 Å². The first kappa shape index (κ1) is 12.3. The van der Waals surface area contributed by atoms with Crippen LogP contribution in [0, 0.1) is 5.92 Å². The minimum Gasteiger partial charge on any atom is -0.409 e. The summed E-state index contributed by atoms with van der Waals surface area (Å²) in [6, 6.07) is 0. The van der Waals surface area contributed by atoms with Crippen LogP contribution in [0.1, 0.15) is 19.8 Å². The molecule has 2 atom stereocenters. The minimum atomic E-state index is 0.188. The number of nitrogens with two attached hydrogens (primary N) is 1. The topological polar surface area (TPSA) is 71.1 Å². The lowest BCUT2D eigenvalue weighted by molar-refractivity contribution is 0.0650. The first-order valence-electron chi connectivity index (χ1n) is 5.40. The van der Waals surface area contributed by atoms with E-state index in [0.717, 1.165) is 32.5 Å². The maximum absolute atomic E-state index is 8.62. The summed E-state index contributed by atoms with van der Waals surface area (Å²) in [5.74, 6) is 0.539. The molecule has 0 radical (unpaired) electrons. The van der Waals surface area contributed by atoms with Crippen molar-refractivity contribution in [1.29, 1.82) is 0 Å². The second-order valence-electron chi connectivity index (χ2n) is 4.17. The van der Waals surface area contributed by atoms with Crippen molar-refractivity contribution in [3.8, 4) is 0 Å². The largest absolute Gasteiger partial charge is 0.409 e. The Kier molecular flexibility index (Phi) is 4.84. The molecule has 2 unspecified atom stereocenters. The van der Waals surface area contributed by atoms with Crippen LogP contribution in [0.2, 0.25) is 0 Å². The zero-order valence-corrected chi connectivity index (χ0v) is 9.52. The first-order valence-corrected chi connectivity index (χ1v) is 5.40. The summed E-state index contributed by atoms with van der Waals surface area (Å²) in [7, 11) is 1.72. The molecule has 5 nitrogen and oxygen atoms in total. The predicted octanol–water partition coefficient (Wildman–Crippen LogP) is 0.480. The van der Waals surface area contributed by atoms with Gasteiger partial charge in [0.05, 0.1) is 6.10 Å². The van der Waals surface area contributed by atoms with Crippen molar-refractivity contribution < 1.29 is 9.94 Å². The molecule has 5 heteroatoms. The van der Waals surface area contributed by atoms with Crippen molar-refractivity contribution in [2.45, 2.75) is 25.9 Å². The van der Waals surface area contributed by atoms with E-state index in [9.17, 15) is 0 Å². The van der Waals surface area contributed by atoms with Crippen LogP contribution in [-0.4, -0.2) is 48.8 Å². The number of rotatable bonds is 4. The molecule has 0 bridgehead atoms. The lowest BCUT2D eigenvalue weighted by Gasteiger charge is -2.33. The van der Waals surface area contributed by atoms with Gasteiger partial charge >= 0.3 is 0 Å². The molecule has 0 aromatic carbocycles. The number of nitrogens with zero attached hydrogens (tertiary/aromatic N) is 2. The molecule has 1 heterocycles. The van der Waals surface area contributed by atoms with E-state index in [1.165, 1.54) is 0 Å². The van der Waals surface area contributed by atoms with Crippen molar-refractivity contribution in [2.24, 2.45) is 16.8 Å². The average molecular weight is 215 g/mol. The van der Waals surface area contributed by atoms with E-state index in [1.807, 2.05) is 6.92 Å². The van der Waals surface area contributed by atoms with E-state index in [0.29, 0.717) is 5.84 Å². The average Bonchev–Trinajstić information content (AvgIpc) is 2.28. The molecule has 0 amide bonds. The molecular weight excluding hydrogens is 194 g/mol. The molecule has 1 aliphatic heterocycles. The van der Waals surface area contributed by atoms with Gasteiger partial charge in [-0.1, -0.05) is 5.16 Å². The number of methoxy groups -OCH3 is 1.